The van der Waals surface area contributed by atoms with Crippen LogP contribution in [0.25, 0.3) is 0 Å². The van der Waals surface area contributed by atoms with Crippen LogP contribution in [0.5, 0.6) is 23.0 Å². The van der Waals surface area contributed by atoms with Gasteiger partial charge in [0.05, 0.1) is 41.2 Å². The van der Waals surface area contributed by atoms with E-state index in [9.17, 15) is 25.5 Å². The van der Waals surface area contributed by atoms with E-state index in [1.54, 1.807) is 32.4 Å². The molecule has 0 bridgehead atoms. The van der Waals surface area contributed by atoms with Gasteiger partial charge in [0.15, 0.2) is 23.0 Å². The molecule has 0 saturated carbocycles. The van der Waals surface area contributed by atoms with Crippen molar-refractivity contribution in [3.8, 4) is 23.0 Å². The Bertz CT molecular complexity index is 984. The Morgan fingerprint density at radius 3 is 1.66 bits per heavy atom. The van der Waals surface area contributed by atoms with Gasteiger partial charge in [-0.2, -0.15) is 0 Å². The van der Waals surface area contributed by atoms with Crippen LogP contribution in [-0.4, -0.2) is 96.2 Å². The highest BCUT2D eigenvalue weighted by Crippen LogP contribution is 2.37. The maximum atomic E-state index is 11.3. The van der Waals surface area contributed by atoms with Gasteiger partial charge in [-0.3, -0.25) is 0 Å². The Hall–Kier alpha value is -2.60. The quantitative estimate of drug-likeness (QED) is 0.182. The molecule has 0 aromatic heterocycles. The van der Waals surface area contributed by atoms with Gasteiger partial charge in [-0.1, -0.05) is 31.2 Å². The van der Waals surface area contributed by atoms with Crippen molar-refractivity contribution in [2.45, 2.75) is 56.7 Å². The Balaban J connectivity index is 2.38. The van der Waals surface area contributed by atoms with Crippen molar-refractivity contribution < 1.29 is 49.6 Å². The van der Waals surface area contributed by atoms with Crippen LogP contribution in [0.2, 0.25) is 0 Å². The van der Waals surface area contributed by atoms with Crippen molar-refractivity contribution in [2.24, 2.45) is 11.8 Å². The molecule has 6 N–H and O–H groups in total. The predicted molar refractivity (Wildman–Crippen MR) is 141 cm³/mol. The summed E-state index contributed by atoms with van der Waals surface area (Å²) in [6.45, 7) is 1.11. The normalized spacial score (nSPS) is 17.0. The lowest BCUT2D eigenvalue weighted by Crippen LogP contribution is -2.52. The number of hydrogen-bond acceptors (Lipinski definition) is 10. The van der Waals surface area contributed by atoms with E-state index < -0.39 is 43.0 Å². The first-order valence-electron chi connectivity index (χ1n) is 12.6. The topological polar surface area (TPSA) is 158 Å². The Kier molecular flexibility index (Phi) is 12.6. The van der Waals surface area contributed by atoms with Crippen molar-refractivity contribution in [1.29, 1.82) is 0 Å². The molecule has 3 unspecified atom stereocenters. The van der Waals surface area contributed by atoms with Gasteiger partial charge < -0.3 is 49.6 Å². The standard InChI is InChI=1S/C28H42O10/c1-16(12-13-17-8-6-10-21(35-2)27(17)37-4)19(14-18-9-7-11-22(36-3)28(18)38-5)23(31)25(33)26(34)24(32)20(30)15-29/h6-11,16,19-20,23-26,29-34H,12-15H2,1-5H3/t16?,19?,20-,23?,24+,25+,26-/m0/s1. The molecule has 0 aliphatic heterocycles. The maximum Gasteiger partial charge on any atom is 0.163 e. The lowest BCUT2D eigenvalue weighted by Gasteiger charge is -2.35. The minimum Gasteiger partial charge on any atom is -0.493 e. The van der Waals surface area contributed by atoms with E-state index in [0.29, 0.717) is 35.8 Å². The molecule has 7 atom stereocenters. The SMILES string of the molecule is COc1cccc(CCC(C)C(Cc2cccc(OC)c2OC)C(O)[C@@H](O)[C@@H](O)[C@H](O)[C@@H](O)CO)c1OC. The monoisotopic (exact) mass is 538 g/mol. The second-order valence-electron chi connectivity index (χ2n) is 9.40. The Labute approximate surface area is 224 Å². The smallest absolute Gasteiger partial charge is 0.163 e. The molecule has 0 fully saturated rings. The molecule has 0 aliphatic rings. The summed E-state index contributed by atoms with van der Waals surface area (Å²) < 4.78 is 21.9. The number of ether oxygens (including phenoxy) is 4. The Morgan fingerprint density at radius 2 is 1.16 bits per heavy atom. The first-order valence-corrected chi connectivity index (χ1v) is 12.6. The van der Waals surface area contributed by atoms with Crippen LogP contribution in [0.4, 0.5) is 0 Å². The van der Waals surface area contributed by atoms with E-state index in [1.807, 2.05) is 25.1 Å². The molecule has 0 radical (unpaired) electrons. The van der Waals surface area contributed by atoms with Crippen LogP contribution in [0.3, 0.4) is 0 Å². The number of aliphatic hydroxyl groups excluding tert-OH is 6. The van der Waals surface area contributed by atoms with Crippen LogP contribution in [0.1, 0.15) is 24.5 Å². The highest BCUT2D eigenvalue weighted by Gasteiger charge is 2.39. The molecule has 2 rings (SSSR count). The average Bonchev–Trinajstić information content (AvgIpc) is 2.95. The summed E-state index contributed by atoms with van der Waals surface area (Å²) in [5.41, 5.74) is 1.63. The predicted octanol–water partition coefficient (Wildman–Crippen LogP) is 0.945. The second kappa shape index (κ2) is 15.1. The zero-order valence-corrected chi connectivity index (χ0v) is 22.7. The summed E-state index contributed by atoms with van der Waals surface area (Å²) >= 11 is 0. The highest BCUT2D eigenvalue weighted by molar-refractivity contribution is 5.47. The summed E-state index contributed by atoms with van der Waals surface area (Å²) in [6.07, 6.45) is -7.33. The lowest BCUT2D eigenvalue weighted by atomic mass is 9.77. The summed E-state index contributed by atoms with van der Waals surface area (Å²) in [4.78, 5) is 0. The molecule has 2 aromatic carbocycles. The van der Waals surface area contributed by atoms with Crippen LogP contribution < -0.4 is 18.9 Å². The first-order chi connectivity index (χ1) is 18.1. The molecule has 38 heavy (non-hydrogen) atoms. The first kappa shape index (κ1) is 31.6. The number of para-hydroxylation sites is 2. The number of methoxy groups -OCH3 is 4. The van der Waals surface area contributed by atoms with E-state index in [-0.39, 0.29) is 12.3 Å². The lowest BCUT2D eigenvalue weighted by molar-refractivity contribution is -0.152. The third kappa shape index (κ3) is 7.49. The van der Waals surface area contributed by atoms with E-state index >= 15 is 0 Å². The fraction of sp³-hybridized carbons (Fsp3) is 0.571. The van der Waals surface area contributed by atoms with Gasteiger partial charge in [-0.15, -0.1) is 0 Å². The van der Waals surface area contributed by atoms with Crippen molar-refractivity contribution in [3.05, 3.63) is 47.5 Å². The molecule has 2 aromatic rings. The number of aliphatic hydroxyl groups is 6. The zero-order chi connectivity index (χ0) is 28.4. The van der Waals surface area contributed by atoms with Gasteiger partial charge in [-0.05, 0) is 54.4 Å². The number of aryl methyl sites for hydroxylation is 1. The van der Waals surface area contributed by atoms with Gasteiger partial charge in [0.2, 0.25) is 0 Å². The van der Waals surface area contributed by atoms with Crippen molar-refractivity contribution >= 4 is 0 Å². The summed E-state index contributed by atoms with van der Waals surface area (Å²) in [6, 6.07) is 11.0. The Morgan fingerprint density at radius 1 is 0.658 bits per heavy atom. The highest BCUT2D eigenvalue weighted by atomic mass is 16.5. The fourth-order valence-electron chi connectivity index (χ4n) is 4.77. The van der Waals surface area contributed by atoms with Crippen LogP contribution in [0, 0.1) is 11.8 Å². The minimum atomic E-state index is -1.90. The maximum absolute atomic E-state index is 11.3. The van der Waals surface area contributed by atoms with Gasteiger partial charge >= 0.3 is 0 Å². The molecule has 0 heterocycles. The molecular weight excluding hydrogens is 496 g/mol. The minimum absolute atomic E-state index is 0.210. The molecule has 0 amide bonds. The zero-order valence-electron chi connectivity index (χ0n) is 22.7. The second-order valence-corrected chi connectivity index (χ2v) is 9.40. The van der Waals surface area contributed by atoms with E-state index in [2.05, 4.69) is 0 Å². The number of hydrogen-bond donors (Lipinski definition) is 6. The summed E-state index contributed by atoms with van der Waals surface area (Å²) in [5.74, 6) is 1.39. The summed E-state index contributed by atoms with van der Waals surface area (Å²) in [5, 5.41) is 61.5. The molecule has 0 spiro atoms. The molecular formula is C28H42O10. The third-order valence-electron chi connectivity index (χ3n) is 7.09. The van der Waals surface area contributed by atoms with Gasteiger partial charge in [0, 0.05) is 0 Å². The van der Waals surface area contributed by atoms with Crippen LogP contribution in [-0.2, 0) is 12.8 Å². The number of rotatable bonds is 16. The average molecular weight is 539 g/mol. The van der Waals surface area contributed by atoms with Gasteiger partial charge in [-0.25, -0.2) is 0 Å². The van der Waals surface area contributed by atoms with Crippen molar-refractivity contribution in [1.82, 2.24) is 0 Å². The largest absolute Gasteiger partial charge is 0.493 e. The molecule has 214 valence electrons. The van der Waals surface area contributed by atoms with E-state index in [0.717, 1.165) is 11.1 Å². The molecule has 10 nitrogen and oxygen atoms in total. The van der Waals surface area contributed by atoms with E-state index in [4.69, 9.17) is 24.1 Å². The van der Waals surface area contributed by atoms with Gasteiger partial charge in [0.25, 0.3) is 0 Å². The van der Waals surface area contributed by atoms with Gasteiger partial charge in [0.1, 0.15) is 24.4 Å². The molecule has 10 heteroatoms. The van der Waals surface area contributed by atoms with E-state index in [1.165, 1.54) is 14.2 Å². The fourth-order valence-corrected chi connectivity index (χ4v) is 4.77. The van der Waals surface area contributed by atoms with Crippen LogP contribution >= 0.6 is 0 Å². The summed E-state index contributed by atoms with van der Waals surface area (Å²) in [7, 11) is 6.16. The van der Waals surface area contributed by atoms with Crippen molar-refractivity contribution in [3.63, 3.8) is 0 Å². The van der Waals surface area contributed by atoms with Crippen LogP contribution in [0.15, 0.2) is 36.4 Å². The number of benzene rings is 2. The molecule has 0 saturated heterocycles. The molecule has 0 aliphatic carbocycles. The van der Waals surface area contributed by atoms with Crippen molar-refractivity contribution in [2.75, 3.05) is 35.0 Å². The third-order valence-corrected chi connectivity index (χ3v) is 7.09.